The Morgan fingerprint density at radius 2 is 1.34 bits per heavy atom. The number of hydrogen-bond acceptors (Lipinski definition) is 3. The Hall–Kier alpha value is -4.96. The highest BCUT2D eigenvalue weighted by atomic mass is 16.3. The first-order chi connectivity index (χ1) is 20.1. The minimum absolute atomic E-state index is 0.353. The Bertz CT molecular complexity index is 2290. The molecule has 5 aromatic carbocycles. The number of aromatic nitrogens is 3. The molecule has 0 bridgehead atoms. The number of para-hydroxylation sites is 3. The third-order valence-electron chi connectivity index (χ3n) is 8.38. The van der Waals surface area contributed by atoms with Gasteiger partial charge >= 0.3 is 0 Å². The summed E-state index contributed by atoms with van der Waals surface area (Å²) in [6.07, 6.45) is 0. The fraction of sp³-hybridized carbons (Fsp3) is 0.135. The van der Waals surface area contributed by atoms with Gasteiger partial charge in [-0.15, -0.1) is 0 Å². The summed E-state index contributed by atoms with van der Waals surface area (Å²) in [5, 5.41) is 7.29. The van der Waals surface area contributed by atoms with E-state index in [1.807, 2.05) is 13.0 Å². The molecule has 0 unspecified atom stereocenters. The van der Waals surface area contributed by atoms with E-state index in [0.717, 1.165) is 44.5 Å². The predicted molar refractivity (Wildman–Crippen MR) is 170 cm³/mol. The average molecular weight is 532 g/mol. The van der Waals surface area contributed by atoms with Crippen LogP contribution >= 0.6 is 0 Å². The molecule has 0 N–H and O–H groups in total. The van der Waals surface area contributed by atoms with Gasteiger partial charge in [0.1, 0.15) is 11.4 Å². The second-order valence-corrected chi connectivity index (χ2v) is 11.2. The lowest BCUT2D eigenvalue weighted by molar-refractivity contribution is 0.652. The molecule has 0 spiro atoms. The molecule has 0 aliphatic heterocycles. The van der Waals surface area contributed by atoms with E-state index in [1.54, 1.807) is 0 Å². The lowest BCUT2D eigenvalue weighted by Gasteiger charge is -2.21. The first kappa shape index (κ1) is 23.9. The van der Waals surface area contributed by atoms with Gasteiger partial charge < -0.3 is 8.98 Å². The quantitative estimate of drug-likeness (QED) is 0.212. The Kier molecular flexibility index (Phi) is 5.26. The van der Waals surface area contributed by atoms with Crippen molar-refractivity contribution in [3.8, 4) is 11.4 Å². The lowest BCUT2D eigenvalue weighted by Crippen LogP contribution is -2.08. The lowest BCUT2D eigenvalue weighted by atomic mass is 9.86. The molecule has 0 radical (unpaired) electrons. The van der Waals surface area contributed by atoms with E-state index in [4.69, 9.17) is 9.40 Å². The van der Waals surface area contributed by atoms with E-state index in [1.165, 1.54) is 32.7 Å². The largest absolute Gasteiger partial charge is 0.437 e. The van der Waals surface area contributed by atoms with Crippen molar-refractivity contribution < 1.29 is 4.42 Å². The number of hydrogen-bond donors (Lipinski definition) is 0. The van der Waals surface area contributed by atoms with Crippen LogP contribution in [0.3, 0.4) is 0 Å². The minimum Gasteiger partial charge on any atom is -0.437 e. The summed E-state index contributed by atoms with van der Waals surface area (Å²) in [7, 11) is 0. The van der Waals surface area contributed by atoms with Gasteiger partial charge in [-0.05, 0) is 75.8 Å². The molecule has 4 heteroatoms. The second-order valence-electron chi connectivity index (χ2n) is 11.2. The van der Waals surface area contributed by atoms with Crippen LogP contribution < -0.4 is 0 Å². The fourth-order valence-electron chi connectivity index (χ4n) is 6.62. The van der Waals surface area contributed by atoms with Crippen LogP contribution in [-0.4, -0.2) is 14.5 Å². The Labute approximate surface area is 237 Å². The predicted octanol–water partition coefficient (Wildman–Crippen LogP) is 9.78. The van der Waals surface area contributed by atoms with Crippen LogP contribution in [0.2, 0.25) is 0 Å². The van der Waals surface area contributed by atoms with Gasteiger partial charge in [-0.2, -0.15) is 0 Å². The van der Waals surface area contributed by atoms with E-state index in [9.17, 15) is 0 Å². The number of imidazole rings is 1. The number of benzene rings is 5. The maximum Gasteiger partial charge on any atom is 0.227 e. The first-order valence-electron chi connectivity index (χ1n) is 14.2. The monoisotopic (exact) mass is 531 g/mol. The van der Waals surface area contributed by atoms with Gasteiger partial charge in [0.25, 0.3) is 0 Å². The zero-order chi connectivity index (χ0) is 27.7. The van der Waals surface area contributed by atoms with Crippen molar-refractivity contribution in [3.05, 3.63) is 120 Å². The topological polar surface area (TPSA) is 43.9 Å². The van der Waals surface area contributed by atoms with Crippen LogP contribution in [0.25, 0.3) is 66.0 Å². The standard InChI is InChI=1S/C37H29N3O/c1-22(2)34-27-14-7-6-12-25(27)24-11-4-5-13-26(24)31(34)21-40-33-18-9-8-17-32(33)39-36(40)30-16-10-15-28-29-20-19-23(3)38-37(29)41-35(28)30/h4-20,22H,21H2,1-3H3. The van der Waals surface area contributed by atoms with Gasteiger partial charge in [0.2, 0.25) is 5.71 Å². The normalized spacial score (nSPS) is 12.1. The second kappa shape index (κ2) is 9.03. The first-order valence-corrected chi connectivity index (χ1v) is 14.2. The van der Waals surface area contributed by atoms with E-state index >= 15 is 0 Å². The molecule has 3 heterocycles. The van der Waals surface area contributed by atoms with E-state index in [-0.39, 0.29) is 0 Å². The average Bonchev–Trinajstić information content (AvgIpc) is 3.55. The summed E-state index contributed by atoms with van der Waals surface area (Å²) in [5.41, 5.74) is 8.22. The van der Waals surface area contributed by atoms with Crippen molar-refractivity contribution in [1.29, 1.82) is 0 Å². The molecule has 0 aliphatic rings. The summed E-state index contributed by atoms with van der Waals surface area (Å²) in [5.74, 6) is 1.25. The molecule has 3 aromatic heterocycles. The van der Waals surface area contributed by atoms with Gasteiger partial charge in [0.15, 0.2) is 0 Å². The summed E-state index contributed by atoms with van der Waals surface area (Å²) in [6.45, 7) is 7.30. The van der Waals surface area contributed by atoms with Crippen LogP contribution in [-0.2, 0) is 6.54 Å². The number of aryl methyl sites for hydroxylation is 1. The third kappa shape index (κ3) is 3.60. The molecule has 0 saturated heterocycles. The highest BCUT2D eigenvalue weighted by molar-refractivity contribution is 6.11. The molecule has 0 aliphatic carbocycles. The number of furan rings is 1. The van der Waals surface area contributed by atoms with E-state index in [2.05, 4.69) is 120 Å². The molecule has 0 atom stereocenters. The Morgan fingerprint density at radius 3 is 2.15 bits per heavy atom. The SMILES string of the molecule is Cc1ccc2c(n1)oc1c(-c3nc4ccccc4n3Cc3c(C(C)C)c4ccccc4c4ccccc34)cccc12. The van der Waals surface area contributed by atoms with Gasteiger partial charge in [0, 0.05) is 16.5 Å². The van der Waals surface area contributed by atoms with Crippen LogP contribution in [0.1, 0.15) is 36.6 Å². The fourth-order valence-corrected chi connectivity index (χ4v) is 6.62. The van der Waals surface area contributed by atoms with Crippen LogP contribution in [0.15, 0.2) is 108 Å². The molecule has 8 rings (SSSR count). The summed E-state index contributed by atoms with van der Waals surface area (Å²) in [4.78, 5) is 9.90. The van der Waals surface area contributed by atoms with Crippen molar-refractivity contribution in [2.75, 3.05) is 0 Å². The zero-order valence-electron chi connectivity index (χ0n) is 23.3. The van der Waals surface area contributed by atoms with Gasteiger partial charge in [-0.25, -0.2) is 9.97 Å². The van der Waals surface area contributed by atoms with Crippen molar-refractivity contribution in [2.24, 2.45) is 0 Å². The zero-order valence-corrected chi connectivity index (χ0v) is 23.3. The molecular formula is C37H29N3O. The van der Waals surface area contributed by atoms with Gasteiger partial charge in [-0.1, -0.05) is 86.6 Å². The Morgan fingerprint density at radius 1 is 0.659 bits per heavy atom. The van der Waals surface area contributed by atoms with Gasteiger partial charge in [-0.3, -0.25) is 0 Å². The van der Waals surface area contributed by atoms with Crippen molar-refractivity contribution in [3.63, 3.8) is 0 Å². The molecule has 0 amide bonds. The Balaban J connectivity index is 1.44. The molecule has 4 nitrogen and oxygen atoms in total. The molecular weight excluding hydrogens is 502 g/mol. The summed E-state index contributed by atoms with van der Waals surface area (Å²) < 4.78 is 8.82. The van der Waals surface area contributed by atoms with Crippen LogP contribution in [0, 0.1) is 6.92 Å². The number of pyridine rings is 1. The van der Waals surface area contributed by atoms with Crippen LogP contribution in [0.4, 0.5) is 0 Å². The molecule has 8 aromatic rings. The molecule has 41 heavy (non-hydrogen) atoms. The number of fused-ring (bicyclic) bond motifs is 7. The molecule has 198 valence electrons. The minimum atomic E-state index is 0.353. The summed E-state index contributed by atoms with van der Waals surface area (Å²) in [6, 6.07) is 36.6. The van der Waals surface area contributed by atoms with Crippen molar-refractivity contribution in [2.45, 2.75) is 33.2 Å². The van der Waals surface area contributed by atoms with Crippen molar-refractivity contribution in [1.82, 2.24) is 14.5 Å². The molecule has 0 fully saturated rings. The smallest absolute Gasteiger partial charge is 0.227 e. The van der Waals surface area contributed by atoms with E-state index in [0.29, 0.717) is 18.2 Å². The third-order valence-corrected chi connectivity index (χ3v) is 8.38. The van der Waals surface area contributed by atoms with Crippen molar-refractivity contribution >= 4 is 54.6 Å². The molecule has 0 saturated carbocycles. The number of nitrogens with zero attached hydrogens (tertiary/aromatic N) is 3. The summed E-state index contributed by atoms with van der Waals surface area (Å²) >= 11 is 0. The maximum absolute atomic E-state index is 6.45. The maximum atomic E-state index is 6.45. The van der Waals surface area contributed by atoms with E-state index < -0.39 is 0 Å². The van der Waals surface area contributed by atoms with Crippen LogP contribution in [0.5, 0.6) is 0 Å². The highest BCUT2D eigenvalue weighted by Crippen LogP contribution is 2.40. The highest BCUT2D eigenvalue weighted by Gasteiger charge is 2.22. The van der Waals surface area contributed by atoms with Gasteiger partial charge in [0.05, 0.1) is 23.1 Å². The number of rotatable bonds is 4.